The predicted octanol–water partition coefficient (Wildman–Crippen LogP) is 3.92. The molecular formula is C11H23. The molecule has 67 valence electrons. The molecule has 11 heavy (non-hydrogen) atoms. The van der Waals surface area contributed by atoms with E-state index in [0.29, 0.717) is 5.41 Å². The van der Waals surface area contributed by atoms with Crippen molar-refractivity contribution in [3.63, 3.8) is 0 Å². The summed E-state index contributed by atoms with van der Waals surface area (Å²) in [6, 6.07) is 0. The second kappa shape index (κ2) is 4.13. The lowest BCUT2D eigenvalue weighted by atomic mass is 9.71. The van der Waals surface area contributed by atoms with Crippen molar-refractivity contribution in [2.45, 2.75) is 47.5 Å². The van der Waals surface area contributed by atoms with E-state index in [9.17, 15) is 0 Å². The van der Waals surface area contributed by atoms with Crippen molar-refractivity contribution in [1.29, 1.82) is 0 Å². The lowest BCUT2D eigenvalue weighted by Crippen LogP contribution is -2.26. The Morgan fingerprint density at radius 3 is 2.00 bits per heavy atom. The maximum atomic E-state index is 4.00. The molecule has 0 heteroatoms. The Kier molecular flexibility index (Phi) is 4.13. The summed E-state index contributed by atoms with van der Waals surface area (Å²) in [5.41, 5.74) is 0.412. The molecule has 0 rings (SSSR count). The summed E-state index contributed by atoms with van der Waals surface area (Å²) >= 11 is 0. The van der Waals surface area contributed by atoms with Crippen LogP contribution in [0.3, 0.4) is 0 Å². The van der Waals surface area contributed by atoms with E-state index in [0.717, 1.165) is 18.3 Å². The molecule has 0 aromatic heterocycles. The second-order valence-electron chi connectivity index (χ2n) is 4.41. The molecule has 0 amide bonds. The molecule has 0 bridgehead atoms. The van der Waals surface area contributed by atoms with Crippen molar-refractivity contribution >= 4 is 0 Å². The zero-order valence-electron chi connectivity index (χ0n) is 8.78. The van der Waals surface area contributed by atoms with Gasteiger partial charge in [0.2, 0.25) is 0 Å². The molecule has 2 unspecified atom stereocenters. The Labute approximate surface area is 72.4 Å². The molecule has 0 fully saturated rings. The van der Waals surface area contributed by atoms with Crippen molar-refractivity contribution in [3.05, 3.63) is 6.92 Å². The van der Waals surface area contributed by atoms with Crippen LogP contribution < -0.4 is 0 Å². The third-order valence-electron chi connectivity index (χ3n) is 3.37. The Hall–Kier alpha value is 0. The van der Waals surface area contributed by atoms with Crippen molar-refractivity contribution in [3.8, 4) is 0 Å². The average Bonchev–Trinajstić information content (AvgIpc) is 2.01. The highest BCUT2D eigenvalue weighted by atomic mass is 14.3. The van der Waals surface area contributed by atoms with E-state index in [1.165, 1.54) is 6.42 Å². The van der Waals surface area contributed by atoms with Crippen LogP contribution in [0.4, 0.5) is 0 Å². The fourth-order valence-corrected chi connectivity index (χ4v) is 1.35. The van der Waals surface area contributed by atoms with E-state index < -0.39 is 0 Å². The lowest BCUT2D eigenvalue weighted by molar-refractivity contribution is 0.164. The summed E-state index contributed by atoms with van der Waals surface area (Å²) in [5, 5.41) is 0. The van der Waals surface area contributed by atoms with Gasteiger partial charge in [-0.1, -0.05) is 48.0 Å². The van der Waals surface area contributed by atoms with E-state index in [1.54, 1.807) is 0 Å². The normalized spacial score (nSPS) is 18.0. The van der Waals surface area contributed by atoms with E-state index in [2.05, 4.69) is 41.5 Å². The lowest BCUT2D eigenvalue weighted by Gasteiger charge is -2.34. The highest BCUT2D eigenvalue weighted by molar-refractivity contribution is 4.78. The van der Waals surface area contributed by atoms with Crippen LogP contribution in [0.5, 0.6) is 0 Å². The van der Waals surface area contributed by atoms with Crippen molar-refractivity contribution in [2.75, 3.05) is 0 Å². The molecule has 0 aromatic rings. The summed E-state index contributed by atoms with van der Waals surface area (Å²) < 4.78 is 0. The molecule has 0 heterocycles. The predicted molar refractivity (Wildman–Crippen MR) is 52.4 cm³/mol. The molecule has 0 aliphatic rings. The summed E-state index contributed by atoms with van der Waals surface area (Å²) in [7, 11) is 0. The van der Waals surface area contributed by atoms with Crippen LogP contribution >= 0.6 is 0 Å². The van der Waals surface area contributed by atoms with Gasteiger partial charge in [0.05, 0.1) is 0 Å². The smallest absolute Gasteiger partial charge is 0.0326 e. The minimum absolute atomic E-state index is 0.412. The van der Waals surface area contributed by atoms with Crippen LogP contribution in [0.25, 0.3) is 0 Å². The van der Waals surface area contributed by atoms with Gasteiger partial charge in [-0.15, -0.1) is 0 Å². The summed E-state index contributed by atoms with van der Waals surface area (Å²) in [6.45, 7) is 15.6. The average molecular weight is 155 g/mol. The van der Waals surface area contributed by atoms with Gasteiger partial charge < -0.3 is 0 Å². The van der Waals surface area contributed by atoms with Crippen LogP contribution in [0.15, 0.2) is 0 Å². The first-order valence-corrected chi connectivity index (χ1v) is 4.75. The van der Waals surface area contributed by atoms with Crippen LogP contribution in [0, 0.1) is 24.2 Å². The van der Waals surface area contributed by atoms with Crippen molar-refractivity contribution in [1.82, 2.24) is 0 Å². The molecule has 2 atom stereocenters. The maximum Gasteiger partial charge on any atom is -0.0326 e. The molecule has 0 saturated heterocycles. The minimum atomic E-state index is 0.412. The molecule has 0 aromatic carbocycles. The molecule has 0 aliphatic heterocycles. The first-order chi connectivity index (χ1) is 4.95. The fraction of sp³-hybridized carbons (Fsp3) is 0.909. The summed E-state index contributed by atoms with van der Waals surface area (Å²) in [5.74, 6) is 1.61. The van der Waals surface area contributed by atoms with Crippen LogP contribution in [0.1, 0.15) is 47.5 Å². The zero-order chi connectivity index (χ0) is 9.07. The highest BCUT2D eigenvalue weighted by Crippen LogP contribution is 2.36. The molecule has 0 N–H and O–H groups in total. The summed E-state index contributed by atoms with van der Waals surface area (Å²) in [4.78, 5) is 0. The zero-order valence-corrected chi connectivity index (χ0v) is 8.78. The SMILES string of the molecule is [CH2]CC(C)(C)C(C)C(C)CC. The van der Waals surface area contributed by atoms with Gasteiger partial charge in [-0.3, -0.25) is 0 Å². The van der Waals surface area contributed by atoms with E-state index >= 15 is 0 Å². The van der Waals surface area contributed by atoms with Gasteiger partial charge in [0.1, 0.15) is 0 Å². The standard InChI is InChI=1S/C11H23/c1-7-9(3)10(4)11(5,6)8-2/h9-10H,2,7-8H2,1,3-6H3. The number of hydrogen-bond donors (Lipinski definition) is 0. The van der Waals surface area contributed by atoms with Crippen LogP contribution in [0.2, 0.25) is 0 Å². The Balaban J connectivity index is 4.10. The van der Waals surface area contributed by atoms with Crippen molar-refractivity contribution < 1.29 is 0 Å². The fourth-order valence-electron chi connectivity index (χ4n) is 1.35. The molecule has 0 saturated carbocycles. The topological polar surface area (TPSA) is 0 Å². The highest BCUT2D eigenvalue weighted by Gasteiger charge is 2.26. The van der Waals surface area contributed by atoms with Gasteiger partial charge in [0, 0.05) is 0 Å². The molecular weight excluding hydrogens is 132 g/mol. The Bertz CT molecular complexity index is 103. The van der Waals surface area contributed by atoms with Crippen LogP contribution in [-0.4, -0.2) is 0 Å². The van der Waals surface area contributed by atoms with Gasteiger partial charge in [-0.05, 0) is 23.7 Å². The Morgan fingerprint density at radius 2 is 1.73 bits per heavy atom. The van der Waals surface area contributed by atoms with Gasteiger partial charge in [-0.25, -0.2) is 0 Å². The largest absolute Gasteiger partial charge is 0.0651 e. The molecule has 0 spiro atoms. The van der Waals surface area contributed by atoms with Gasteiger partial charge in [0.15, 0.2) is 0 Å². The van der Waals surface area contributed by atoms with Crippen LogP contribution in [-0.2, 0) is 0 Å². The van der Waals surface area contributed by atoms with E-state index in [1.807, 2.05) is 0 Å². The van der Waals surface area contributed by atoms with E-state index in [4.69, 9.17) is 0 Å². The Morgan fingerprint density at radius 1 is 1.27 bits per heavy atom. The minimum Gasteiger partial charge on any atom is -0.0651 e. The second-order valence-corrected chi connectivity index (χ2v) is 4.41. The first kappa shape index (κ1) is 11.0. The molecule has 1 radical (unpaired) electrons. The first-order valence-electron chi connectivity index (χ1n) is 4.75. The number of rotatable bonds is 4. The van der Waals surface area contributed by atoms with Gasteiger partial charge in [-0.2, -0.15) is 0 Å². The maximum absolute atomic E-state index is 4.00. The third kappa shape index (κ3) is 2.84. The summed E-state index contributed by atoms with van der Waals surface area (Å²) in [6.07, 6.45) is 2.32. The van der Waals surface area contributed by atoms with Crippen molar-refractivity contribution in [2.24, 2.45) is 17.3 Å². The molecule has 0 aliphatic carbocycles. The molecule has 0 nitrogen and oxygen atoms in total. The monoisotopic (exact) mass is 155 g/mol. The van der Waals surface area contributed by atoms with Gasteiger partial charge >= 0.3 is 0 Å². The van der Waals surface area contributed by atoms with Gasteiger partial charge in [0.25, 0.3) is 0 Å². The third-order valence-corrected chi connectivity index (χ3v) is 3.37. The quantitative estimate of drug-likeness (QED) is 0.577. The number of hydrogen-bond acceptors (Lipinski definition) is 0. The van der Waals surface area contributed by atoms with E-state index in [-0.39, 0.29) is 0 Å².